The van der Waals surface area contributed by atoms with Crippen LogP contribution in [0, 0.1) is 19.7 Å². The molecule has 3 unspecified atom stereocenters. The molecule has 1 fully saturated rings. The van der Waals surface area contributed by atoms with Crippen molar-refractivity contribution >= 4 is 33.3 Å². The number of aliphatic hydroxyl groups excluding tert-OH is 1. The van der Waals surface area contributed by atoms with Crippen LogP contribution >= 0.6 is 0 Å². The number of piperazine rings is 1. The zero-order chi connectivity index (χ0) is 32.4. The Morgan fingerprint density at radius 2 is 1.98 bits per heavy atom. The lowest BCUT2D eigenvalue weighted by Gasteiger charge is -2.48. The number of aromatic amines is 1. The van der Waals surface area contributed by atoms with Crippen molar-refractivity contribution in [2.24, 2.45) is 0 Å². The molecule has 5 heterocycles. The second kappa shape index (κ2) is 11.3. The highest BCUT2D eigenvalue weighted by Crippen LogP contribution is 2.44. The van der Waals surface area contributed by atoms with Crippen LogP contribution in [0.4, 0.5) is 15.9 Å². The van der Waals surface area contributed by atoms with Crippen LogP contribution in [-0.2, 0) is 0 Å². The van der Waals surface area contributed by atoms with Gasteiger partial charge in [0.1, 0.15) is 12.0 Å². The average Bonchev–Trinajstić information content (AvgIpc) is 3.50. The van der Waals surface area contributed by atoms with Crippen molar-refractivity contribution in [2.75, 3.05) is 29.9 Å². The first kappa shape index (κ1) is 30.1. The van der Waals surface area contributed by atoms with Gasteiger partial charge in [-0.15, -0.1) is 0 Å². The number of hydrogen-bond acceptors (Lipinski definition) is 8. The second-order valence-electron chi connectivity index (χ2n) is 12.9. The molecule has 0 spiro atoms. The Morgan fingerprint density at radius 3 is 2.74 bits per heavy atom. The van der Waals surface area contributed by atoms with Gasteiger partial charge in [-0.25, -0.2) is 9.18 Å². The van der Waals surface area contributed by atoms with Gasteiger partial charge in [0.05, 0.1) is 39.7 Å². The van der Waals surface area contributed by atoms with Gasteiger partial charge in [0.25, 0.3) is 0 Å². The number of hydrogen-bond donors (Lipinski definition) is 3. The number of anilines is 2. The van der Waals surface area contributed by atoms with Crippen LogP contribution in [0.3, 0.4) is 0 Å². The fourth-order valence-electron chi connectivity index (χ4n) is 7.32. The molecule has 11 heteroatoms. The zero-order valence-corrected chi connectivity index (χ0v) is 26.8. The standard InChI is InChI=1S/C35H39FN8O2/c1-7-27(45)42-17-22-11-13-38-32-29-26(14-23(30(32)36)28-19(4)8-9-25-24(28)15-39-41-25)44(33-20(5)10-12-37-31(33)18(2)3)35(46)40-34(29)43(22)16-21(42)6/h7-10,12,14-15,18,21-22,27,38,45H,1,11,13,16-17H2,2-6H3,(H,39,41). The minimum Gasteiger partial charge on any atom is -0.382 e. The summed E-state index contributed by atoms with van der Waals surface area (Å²) < 4.78 is 18.8. The molecule has 10 nitrogen and oxygen atoms in total. The van der Waals surface area contributed by atoms with E-state index in [1.807, 2.05) is 57.7 Å². The van der Waals surface area contributed by atoms with Crippen LogP contribution in [0.5, 0.6) is 0 Å². The molecule has 0 aliphatic carbocycles. The van der Waals surface area contributed by atoms with Crippen LogP contribution in [0.2, 0.25) is 0 Å². The molecule has 3 aromatic heterocycles. The Hall–Kier alpha value is -4.61. The number of aliphatic hydroxyl groups is 1. The number of fused-ring (bicyclic) bond motifs is 3. The fourth-order valence-corrected chi connectivity index (χ4v) is 7.32. The summed E-state index contributed by atoms with van der Waals surface area (Å²) in [5.74, 6) is 0.0561. The maximum Gasteiger partial charge on any atom is 0.354 e. The van der Waals surface area contributed by atoms with Gasteiger partial charge in [-0.1, -0.05) is 26.5 Å². The lowest BCUT2D eigenvalue weighted by molar-refractivity contribution is -0.00213. The lowest BCUT2D eigenvalue weighted by atomic mass is 9.93. The minimum absolute atomic E-state index is 0.0180. The maximum absolute atomic E-state index is 17.2. The summed E-state index contributed by atoms with van der Waals surface area (Å²) in [6.45, 7) is 15.3. The molecule has 2 aromatic carbocycles. The number of rotatable bonds is 5. The summed E-state index contributed by atoms with van der Waals surface area (Å²) >= 11 is 0. The van der Waals surface area contributed by atoms with Crippen molar-refractivity contribution in [2.45, 2.75) is 65.3 Å². The molecule has 0 bridgehead atoms. The largest absolute Gasteiger partial charge is 0.382 e. The fraction of sp³-hybridized carbons (Fsp3) is 0.371. The van der Waals surface area contributed by atoms with Crippen molar-refractivity contribution in [3.05, 3.63) is 82.4 Å². The van der Waals surface area contributed by atoms with E-state index in [2.05, 4.69) is 27.0 Å². The summed E-state index contributed by atoms with van der Waals surface area (Å²) in [7, 11) is 0. The van der Waals surface area contributed by atoms with Gasteiger partial charge in [-0.05, 0) is 74.1 Å². The first-order valence-electron chi connectivity index (χ1n) is 15.9. The van der Waals surface area contributed by atoms with Crippen LogP contribution < -0.4 is 15.9 Å². The molecule has 238 valence electrons. The molecule has 3 atom stereocenters. The molecule has 0 amide bonds. The highest BCUT2D eigenvalue weighted by Gasteiger charge is 2.38. The van der Waals surface area contributed by atoms with Gasteiger partial charge in [0.15, 0.2) is 5.82 Å². The smallest absolute Gasteiger partial charge is 0.354 e. The van der Waals surface area contributed by atoms with Crippen molar-refractivity contribution in [1.82, 2.24) is 29.6 Å². The van der Waals surface area contributed by atoms with E-state index in [-0.39, 0.29) is 18.0 Å². The quantitative estimate of drug-likeness (QED) is 0.223. The number of nitrogens with one attached hydrogen (secondary N) is 2. The highest BCUT2D eigenvalue weighted by molar-refractivity contribution is 6.07. The van der Waals surface area contributed by atoms with Gasteiger partial charge in [-0.3, -0.25) is 19.5 Å². The number of benzene rings is 2. The summed E-state index contributed by atoms with van der Waals surface area (Å²) in [5.41, 5.74) is 5.48. The van der Waals surface area contributed by atoms with Crippen molar-refractivity contribution in [3.63, 3.8) is 0 Å². The first-order valence-corrected chi connectivity index (χ1v) is 15.9. The van der Waals surface area contributed by atoms with Crippen molar-refractivity contribution < 1.29 is 9.50 Å². The predicted octanol–water partition coefficient (Wildman–Crippen LogP) is 5.40. The van der Waals surface area contributed by atoms with E-state index in [4.69, 9.17) is 9.97 Å². The van der Waals surface area contributed by atoms with Crippen LogP contribution in [0.25, 0.3) is 38.6 Å². The van der Waals surface area contributed by atoms with E-state index < -0.39 is 17.7 Å². The summed E-state index contributed by atoms with van der Waals surface area (Å²) in [4.78, 5) is 28.0. The molecule has 46 heavy (non-hydrogen) atoms. The average molecular weight is 623 g/mol. The molecule has 2 aliphatic heterocycles. The normalized spacial score (nSPS) is 19.2. The highest BCUT2D eigenvalue weighted by atomic mass is 19.1. The van der Waals surface area contributed by atoms with E-state index in [9.17, 15) is 9.90 Å². The van der Waals surface area contributed by atoms with Gasteiger partial charge in [0.2, 0.25) is 0 Å². The minimum atomic E-state index is -0.791. The van der Waals surface area contributed by atoms with Crippen molar-refractivity contribution in [3.8, 4) is 16.8 Å². The monoisotopic (exact) mass is 622 g/mol. The van der Waals surface area contributed by atoms with Crippen LogP contribution in [-0.4, -0.2) is 72.7 Å². The topological polar surface area (TPSA) is 115 Å². The number of H-pyrrole nitrogens is 1. The number of halogens is 1. The molecule has 0 saturated carbocycles. The van der Waals surface area contributed by atoms with Gasteiger partial charge in [0, 0.05) is 48.9 Å². The van der Waals surface area contributed by atoms with E-state index in [1.165, 1.54) is 6.08 Å². The van der Waals surface area contributed by atoms with E-state index in [0.717, 1.165) is 27.7 Å². The Balaban J connectivity index is 1.59. The third-order valence-electron chi connectivity index (χ3n) is 9.62. The number of nitrogens with zero attached hydrogens (tertiary/aromatic N) is 6. The first-order chi connectivity index (χ1) is 22.1. The van der Waals surface area contributed by atoms with Crippen LogP contribution in [0.15, 0.2) is 54.1 Å². The lowest BCUT2D eigenvalue weighted by Crippen LogP contribution is -2.61. The molecular formula is C35H39FN8O2. The number of pyridine rings is 1. The van der Waals surface area contributed by atoms with E-state index in [1.54, 1.807) is 23.0 Å². The van der Waals surface area contributed by atoms with Gasteiger partial charge in [-0.2, -0.15) is 10.1 Å². The Bertz CT molecular complexity index is 2070. The Kier molecular flexibility index (Phi) is 7.40. The summed E-state index contributed by atoms with van der Waals surface area (Å²) in [6.07, 6.45) is 4.86. The summed E-state index contributed by atoms with van der Waals surface area (Å²) in [6, 6.07) is 7.43. The molecule has 2 aliphatic rings. The second-order valence-corrected chi connectivity index (χ2v) is 12.9. The van der Waals surface area contributed by atoms with Gasteiger partial charge >= 0.3 is 5.69 Å². The molecule has 7 rings (SSSR count). The van der Waals surface area contributed by atoms with Crippen LogP contribution in [0.1, 0.15) is 49.9 Å². The number of aromatic nitrogens is 5. The van der Waals surface area contributed by atoms with Gasteiger partial charge < -0.3 is 15.3 Å². The summed E-state index contributed by atoms with van der Waals surface area (Å²) in [5, 5.41) is 22.7. The molecule has 5 aromatic rings. The molecular weight excluding hydrogens is 583 g/mol. The SMILES string of the molecule is C=CC(O)N1CC2CCNc3c(F)c(-c4c(C)ccc5[nH]ncc45)cc4c3c(nc(=O)n4-c3c(C)ccnc3C(C)C)N2CC1C. The van der Waals surface area contributed by atoms with Crippen molar-refractivity contribution in [1.29, 1.82) is 0 Å². The van der Waals surface area contributed by atoms with E-state index in [0.29, 0.717) is 65.3 Å². The molecule has 0 radical (unpaired) electrons. The third-order valence-corrected chi connectivity index (χ3v) is 9.62. The molecule has 1 saturated heterocycles. The molecule has 3 N–H and O–H groups in total. The van der Waals surface area contributed by atoms with E-state index >= 15 is 4.39 Å². The third kappa shape index (κ3) is 4.60. The maximum atomic E-state index is 17.2. The number of aryl methyl sites for hydroxylation is 2. The predicted molar refractivity (Wildman–Crippen MR) is 180 cm³/mol. The Morgan fingerprint density at radius 1 is 1.17 bits per heavy atom. The Labute approximate surface area is 266 Å². The zero-order valence-electron chi connectivity index (χ0n) is 26.8.